The van der Waals surface area contributed by atoms with Crippen LogP contribution in [-0.2, 0) is 17.6 Å². The number of rotatable bonds is 9. The fraction of sp³-hybridized carbons (Fsp3) is 0.409. The van der Waals surface area contributed by atoms with Crippen molar-refractivity contribution in [2.24, 2.45) is 0 Å². The molecule has 26 heavy (non-hydrogen) atoms. The van der Waals surface area contributed by atoms with Crippen molar-refractivity contribution in [2.75, 3.05) is 13.2 Å². The fourth-order valence-corrected chi connectivity index (χ4v) is 3.12. The van der Waals surface area contributed by atoms with Crippen LogP contribution < -0.4 is 10.1 Å². The summed E-state index contributed by atoms with van der Waals surface area (Å²) in [5.41, 5.74) is 2.36. The first-order valence-electron chi connectivity index (χ1n) is 9.34. The monoisotopic (exact) mass is 353 g/mol. The van der Waals surface area contributed by atoms with E-state index < -0.39 is 0 Å². The van der Waals surface area contributed by atoms with Crippen molar-refractivity contribution in [1.29, 1.82) is 0 Å². The van der Waals surface area contributed by atoms with Gasteiger partial charge < -0.3 is 14.8 Å². The number of carbonyl (C=O) groups excluding carboxylic acids is 1. The van der Waals surface area contributed by atoms with Gasteiger partial charge in [-0.25, -0.2) is 4.79 Å². The summed E-state index contributed by atoms with van der Waals surface area (Å²) in [6.45, 7) is 3.20. The number of hydrogen-bond donors (Lipinski definition) is 1. The molecule has 1 unspecified atom stereocenters. The van der Waals surface area contributed by atoms with E-state index in [0.29, 0.717) is 6.61 Å². The minimum Gasteiger partial charge on any atom is -0.494 e. The molecule has 2 aromatic carbocycles. The summed E-state index contributed by atoms with van der Waals surface area (Å²) in [6.07, 6.45) is 4.73. The van der Waals surface area contributed by atoms with Crippen LogP contribution >= 0.6 is 0 Å². The van der Waals surface area contributed by atoms with Crippen molar-refractivity contribution in [3.8, 4) is 5.75 Å². The van der Waals surface area contributed by atoms with Gasteiger partial charge in [0, 0.05) is 0 Å². The Morgan fingerprint density at radius 3 is 2.42 bits per heavy atom. The third-order valence-corrected chi connectivity index (χ3v) is 4.79. The average Bonchev–Trinajstić information content (AvgIpc) is 3.01. The van der Waals surface area contributed by atoms with Crippen LogP contribution in [0.2, 0.25) is 0 Å². The number of aryl methyl sites for hydroxylation is 2. The number of ether oxygens (including phenoxy) is 2. The molecular weight excluding hydrogens is 326 g/mol. The summed E-state index contributed by atoms with van der Waals surface area (Å²) in [7, 11) is 0. The molecule has 1 N–H and O–H groups in total. The van der Waals surface area contributed by atoms with Gasteiger partial charge in [0.05, 0.1) is 12.1 Å². The number of carbonyl (C=O) groups is 1. The normalized spacial score (nSPS) is 19.0. The maximum atomic E-state index is 11.2. The molecule has 0 aromatic heterocycles. The van der Waals surface area contributed by atoms with Gasteiger partial charge in [-0.1, -0.05) is 42.5 Å². The number of alkyl carbamates (subject to hydrolysis) is 1. The van der Waals surface area contributed by atoms with Crippen LogP contribution in [-0.4, -0.2) is 24.8 Å². The highest BCUT2D eigenvalue weighted by Crippen LogP contribution is 2.21. The quantitative estimate of drug-likeness (QED) is 0.674. The van der Waals surface area contributed by atoms with E-state index in [-0.39, 0.29) is 11.6 Å². The smallest absolute Gasteiger partial charge is 0.407 e. The average molecular weight is 353 g/mol. The van der Waals surface area contributed by atoms with Gasteiger partial charge >= 0.3 is 6.09 Å². The van der Waals surface area contributed by atoms with Crippen LogP contribution in [0.25, 0.3) is 0 Å². The van der Waals surface area contributed by atoms with E-state index in [1.54, 1.807) is 0 Å². The van der Waals surface area contributed by atoms with Crippen molar-refractivity contribution < 1.29 is 14.3 Å². The van der Waals surface area contributed by atoms with Crippen LogP contribution in [0.5, 0.6) is 5.75 Å². The summed E-state index contributed by atoms with van der Waals surface area (Å²) in [5, 5.41) is 2.88. The number of cyclic esters (lactones) is 1. The molecule has 138 valence electrons. The number of amides is 1. The number of unbranched alkanes of at least 4 members (excludes halogenated alkanes) is 1. The predicted molar refractivity (Wildman–Crippen MR) is 103 cm³/mol. The minimum absolute atomic E-state index is 0.259. The zero-order chi connectivity index (χ0) is 18.2. The molecule has 4 heteroatoms. The molecule has 1 amide bonds. The van der Waals surface area contributed by atoms with Gasteiger partial charge in [-0.3, -0.25) is 0 Å². The Bertz CT molecular complexity index is 699. The third kappa shape index (κ3) is 5.51. The SMILES string of the molecule is CC1(CCc2ccc(OCCCCc3ccccc3)cc2)COC(=O)N1. The lowest BCUT2D eigenvalue weighted by atomic mass is 9.95. The number of hydrogen-bond acceptors (Lipinski definition) is 3. The molecule has 1 heterocycles. The summed E-state index contributed by atoms with van der Waals surface area (Å²) in [4.78, 5) is 11.2. The third-order valence-electron chi connectivity index (χ3n) is 4.79. The highest BCUT2D eigenvalue weighted by Gasteiger charge is 2.34. The molecule has 1 aliphatic rings. The maximum absolute atomic E-state index is 11.2. The second kappa shape index (κ2) is 8.75. The van der Waals surface area contributed by atoms with E-state index in [0.717, 1.165) is 44.5 Å². The summed E-state index contributed by atoms with van der Waals surface area (Å²) in [6, 6.07) is 18.8. The van der Waals surface area contributed by atoms with Crippen LogP contribution in [0.15, 0.2) is 54.6 Å². The molecule has 0 bridgehead atoms. The topological polar surface area (TPSA) is 47.6 Å². The van der Waals surface area contributed by atoms with Crippen LogP contribution in [0.4, 0.5) is 4.79 Å². The first-order valence-corrected chi connectivity index (χ1v) is 9.34. The predicted octanol–water partition coefficient (Wildman–Crippen LogP) is 4.52. The van der Waals surface area contributed by atoms with E-state index in [1.165, 1.54) is 11.1 Å². The highest BCUT2D eigenvalue weighted by molar-refractivity contribution is 5.70. The summed E-state index contributed by atoms with van der Waals surface area (Å²) >= 11 is 0. The molecule has 1 aliphatic heterocycles. The van der Waals surface area contributed by atoms with Gasteiger partial charge in [0.15, 0.2) is 0 Å². The van der Waals surface area contributed by atoms with Gasteiger partial charge in [-0.05, 0) is 62.3 Å². The lowest BCUT2D eigenvalue weighted by Crippen LogP contribution is -2.40. The molecule has 3 rings (SSSR count). The first-order chi connectivity index (χ1) is 12.6. The second-order valence-corrected chi connectivity index (χ2v) is 7.20. The largest absolute Gasteiger partial charge is 0.494 e. The van der Waals surface area contributed by atoms with E-state index in [4.69, 9.17) is 9.47 Å². The molecule has 1 saturated heterocycles. The second-order valence-electron chi connectivity index (χ2n) is 7.20. The Morgan fingerprint density at radius 2 is 1.73 bits per heavy atom. The molecule has 1 atom stereocenters. The van der Waals surface area contributed by atoms with Crippen molar-refractivity contribution in [1.82, 2.24) is 5.32 Å². The van der Waals surface area contributed by atoms with Gasteiger partial charge in [-0.15, -0.1) is 0 Å². The molecule has 0 spiro atoms. The zero-order valence-electron chi connectivity index (χ0n) is 15.4. The van der Waals surface area contributed by atoms with Crippen LogP contribution in [0.1, 0.15) is 37.3 Å². The van der Waals surface area contributed by atoms with E-state index in [2.05, 4.69) is 41.7 Å². The summed E-state index contributed by atoms with van der Waals surface area (Å²) < 4.78 is 10.8. The van der Waals surface area contributed by atoms with Crippen molar-refractivity contribution in [2.45, 2.75) is 44.6 Å². The fourth-order valence-electron chi connectivity index (χ4n) is 3.12. The maximum Gasteiger partial charge on any atom is 0.407 e. The molecule has 4 nitrogen and oxygen atoms in total. The standard InChI is InChI=1S/C22H27NO3/c1-22(17-26-21(24)23-22)15-14-19-10-12-20(13-11-19)25-16-6-5-9-18-7-3-2-4-8-18/h2-4,7-8,10-13H,5-6,9,14-17H2,1H3,(H,23,24). The molecule has 1 fully saturated rings. The van der Waals surface area contributed by atoms with Gasteiger partial charge in [0.25, 0.3) is 0 Å². The van der Waals surface area contributed by atoms with Crippen molar-refractivity contribution in [3.05, 3.63) is 65.7 Å². The van der Waals surface area contributed by atoms with Gasteiger partial charge in [-0.2, -0.15) is 0 Å². The molecule has 0 radical (unpaired) electrons. The Morgan fingerprint density at radius 1 is 1.00 bits per heavy atom. The highest BCUT2D eigenvalue weighted by atomic mass is 16.6. The Balaban J connectivity index is 1.34. The number of nitrogens with one attached hydrogen (secondary N) is 1. The lowest BCUT2D eigenvalue weighted by molar-refractivity contribution is 0.172. The van der Waals surface area contributed by atoms with Crippen LogP contribution in [0, 0.1) is 0 Å². The summed E-state index contributed by atoms with van der Waals surface area (Å²) in [5.74, 6) is 0.914. The van der Waals surface area contributed by atoms with Crippen LogP contribution in [0.3, 0.4) is 0 Å². The minimum atomic E-state index is -0.316. The van der Waals surface area contributed by atoms with Gasteiger partial charge in [0.1, 0.15) is 12.4 Å². The first kappa shape index (κ1) is 18.3. The molecule has 2 aromatic rings. The van der Waals surface area contributed by atoms with E-state index in [9.17, 15) is 4.79 Å². The Hall–Kier alpha value is -2.49. The van der Waals surface area contributed by atoms with E-state index >= 15 is 0 Å². The zero-order valence-corrected chi connectivity index (χ0v) is 15.4. The lowest BCUT2D eigenvalue weighted by Gasteiger charge is -2.20. The van der Waals surface area contributed by atoms with Crippen molar-refractivity contribution >= 4 is 6.09 Å². The Labute approximate surface area is 155 Å². The number of benzene rings is 2. The Kier molecular flexibility index (Phi) is 6.16. The van der Waals surface area contributed by atoms with E-state index in [1.807, 2.05) is 25.1 Å². The molecule has 0 aliphatic carbocycles. The van der Waals surface area contributed by atoms with Crippen molar-refractivity contribution in [3.63, 3.8) is 0 Å². The molecule has 0 saturated carbocycles. The molecular formula is C22H27NO3. The van der Waals surface area contributed by atoms with Gasteiger partial charge in [0.2, 0.25) is 0 Å².